The van der Waals surface area contributed by atoms with Crippen molar-refractivity contribution in [3.63, 3.8) is 0 Å². The number of nitrogens with two attached hydrogens (primary N) is 1. The SMILES string of the molecule is CNS(=O)(=O)c1ccc(N)c(-n2nc(C)c(Br)c2C)c1. The van der Waals surface area contributed by atoms with Gasteiger partial charge in [0.2, 0.25) is 10.0 Å². The Morgan fingerprint density at radius 3 is 2.50 bits per heavy atom. The van der Waals surface area contributed by atoms with Gasteiger partial charge in [-0.2, -0.15) is 5.10 Å². The summed E-state index contributed by atoms with van der Waals surface area (Å²) in [6.45, 7) is 3.74. The number of nitrogen functional groups attached to an aromatic ring is 1. The molecule has 0 aliphatic rings. The number of hydrogen-bond acceptors (Lipinski definition) is 4. The van der Waals surface area contributed by atoms with Gasteiger partial charge in [0.15, 0.2) is 0 Å². The van der Waals surface area contributed by atoms with Crippen LogP contribution in [0.1, 0.15) is 11.4 Å². The van der Waals surface area contributed by atoms with Gasteiger partial charge in [-0.05, 0) is 55.0 Å². The molecule has 0 spiro atoms. The lowest BCUT2D eigenvalue weighted by molar-refractivity contribution is 0.588. The second-order valence-corrected chi connectivity index (χ2v) is 7.00. The predicted octanol–water partition coefficient (Wildman–Crippen LogP) is 1.74. The highest BCUT2D eigenvalue weighted by molar-refractivity contribution is 9.10. The van der Waals surface area contributed by atoms with Crippen LogP contribution in [0.4, 0.5) is 5.69 Å². The Bertz CT molecular complexity index is 768. The van der Waals surface area contributed by atoms with Crippen LogP contribution in [0.25, 0.3) is 5.69 Å². The molecule has 1 aromatic carbocycles. The van der Waals surface area contributed by atoms with Gasteiger partial charge in [-0.15, -0.1) is 0 Å². The highest BCUT2D eigenvalue weighted by Crippen LogP contribution is 2.27. The molecule has 0 aliphatic carbocycles. The first-order valence-electron chi connectivity index (χ1n) is 5.83. The van der Waals surface area contributed by atoms with Crippen molar-refractivity contribution in [2.24, 2.45) is 0 Å². The summed E-state index contributed by atoms with van der Waals surface area (Å²) in [6.07, 6.45) is 0. The number of anilines is 1. The van der Waals surface area contributed by atoms with Crippen LogP contribution in [-0.4, -0.2) is 25.2 Å². The molecule has 0 amide bonds. The van der Waals surface area contributed by atoms with Gasteiger partial charge in [0, 0.05) is 0 Å². The molecule has 2 aromatic rings. The molecule has 20 heavy (non-hydrogen) atoms. The van der Waals surface area contributed by atoms with Crippen LogP contribution in [0.2, 0.25) is 0 Å². The Labute approximate surface area is 126 Å². The summed E-state index contributed by atoms with van der Waals surface area (Å²) in [5, 5.41) is 4.36. The van der Waals surface area contributed by atoms with E-state index in [1.54, 1.807) is 10.7 Å². The zero-order valence-electron chi connectivity index (χ0n) is 11.3. The number of nitrogens with one attached hydrogen (secondary N) is 1. The highest BCUT2D eigenvalue weighted by Gasteiger charge is 2.17. The number of halogens is 1. The van der Waals surface area contributed by atoms with Gasteiger partial charge < -0.3 is 5.73 Å². The van der Waals surface area contributed by atoms with E-state index in [0.29, 0.717) is 11.4 Å². The van der Waals surface area contributed by atoms with Gasteiger partial charge in [0.25, 0.3) is 0 Å². The molecule has 3 N–H and O–H groups in total. The van der Waals surface area contributed by atoms with Crippen LogP contribution >= 0.6 is 15.9 Å². The molecule has 0 unspecified atom stereocenters. The molecule has 1 aromatic heterocycles. The van der Waals surface area contributed by atoms with E-state index in [2.05, 4.69) is 25.8 Å². The molecule has 0 bridgehead atoms. The first kappa shape index (κ1) is 15.0. The van der Waals surface area contributed by atoms with E-state index in [9.17, 15) is 8.42 Å². The Kier molecular flexibility index (Phi) is 3.90. The lowest BCUT2D eigenvalue weighted by Gasteiger charge is -2.10. The van der Waals surface area contributed by atoms with Gasteiger partial charge in [0.1, 0.15) is 0 Å². The largest absolute Gasteiger partial charge is 0.397 e. The number of benzene rings is 1. The van der Waals surface area contributed by atoms with Gasteiger partial charge in [-0.25, -0.2) is 17.8 Å². The Morgan fingerprint density at radius 1 is 1.35 bits per heavy atom. The minimum atomic E-state index is -3.52. The number of sulfonamides is 1. The number of aromatic nitrogens is 2. The zero-order valence-corrected chi connectivity index (χ0v) is 13.7. The number of aryl methyl sites for hydroxylation is 1. The third kappa shape index (κ3) is 2.46. The Hall–Kier alpha value is -1.38. The summed E-state index contributed by atoms with van der Waals surface area (Å²) in [5.41, 5.74) is 8.60. The van der Waals surface area contributed by atoms with E-state index < -0.39 is 10.0 Å². The van der Waals surface area contributed by atoms with Crippen molar-refractivity contribution in [3.05, 3.63) is 34.1 Å². The Balaban J connectivity index is 2.68. The predicted molar refractivity (Wildman–Crippen MR) is 81.4 cm³/mol. The minimum absolute atomic E-state index is 0.146. The first-order valence-corrected chi connectivity index (χ1v) is 8.10. The van der Waals surface area contributed by atoms with Crippen LogP contribution < -0.4 is 10.5 Å². The van der Waals surface area contributed by atoms with Crippen molar-refractivity contribution in [2.75, 3.05) is 12.8 Å². The molecule has 1 heterocycles. The molecule has 0 fully saturated rings. The average molecular weight is 359 g/mol. The van der Waals surface area contributed by atoms with Gasteiger partial charge in [0.05, 0.1) is 32.1 Å². The van der Waals surface area contributed by atoms with Crippen molar-refractivity contribution in [3.8, 4) is 5.69 Å². The summed E-state index contributed by atoms with van der Waals surface area (Å²) in [6, 6.07) is 4.53. The molecular formula is C12H15BrN4O2S. The normalized spacial score (nSPS) is 11.8. The van der Waals surface area contributed by atoms with Gasteiger partial charge in [-0.1, -0.05) is 0 Å². The van der Waals surface area contributed by atoms with Crippen molar-refractivity contribution < 1.29 is 8.42 Å². The van der Waals surface area contributed by atoms with Crippen molar-refractivity contribution in [2.45, 2.75) is 18.7 Å². The molecule has 0 radical (unpaired) electrons. The lowest BCUT2D eigenvalue weighted by atomic mass is 10.2. The molecule has 0 saturated heterocycles. The van der Waals surface area contributed by atoms with Crippen molar-refractivity contribution in [1.82, 2.24) is 14.5 Å². The zero-order chi connectivity index (χ0) is 15.1. The highest BCUT2D eigenvalue weighted by atomic mass is 79.9. The fraction of sp³-hybridized carbons (Fsp3) is 0.250. The summed E-state index contributed by atoms with van der Waals surface area (Å²) in [7, 11) is -2.15. The Morgan fingerprint density at radius 2 is 2.00 bits per heavy atom. The fourth-order valence-electron chi connectivity index (χ4n) is 1.85. The van der Waals surface area contributed by atoms with Crippen LogP contribution in [0.3, 0.4) is 0 Å². The number of nitrogens with zero attached hydrogens (tertiary/aromatic N) is 2. The quantitative estimate of drug-likeness (QED) is 0.817. The van der Waals surface area contributed by atoms with Crippen molar-refractivity contribution in [1.29, 1.82) is 0 Å². The molecule has 6 nitrogen and oxygen atoms in total. The second kappa shape index (κ2) is 5.19. The third-order valence-electron chi connectivity index (χ3n) is 3.01. The molecular weight excluding hydrogens is 344 g/mol. The van der Waals surface area contributed by atoms with E-state index in [1.807, 2.05) is 13.8 Å². The fourth-order valence-corrected chi connectivity index (χ4v) is 2.85. The van der Waals surface area contributed by atoms with E-state index >= 15 is 0 Å². The summed E-state index contributed by atoms with van der Waals surface area (Å²) in [5.74, 6) is 0. The summed E-state index contributed by atoms with van der Waals surface area (Å²) < 4.78 is 28.5. The maximum absolute atomic E-state index is 11.9. The topological polar surface area (TPSA) is 90.0 Å². The molecule has 8 heteroatoms. The summed E-state index contributed by atoms with van der Waals surface area (Å²) in [4.78, 5) is 0.146. The molecule has 0 saturated carbocycles. The van der Waals surface area contributed by atoms with Crippen LogP contribution in [0.5, 0.6) is 0 Å². The molecule has 0 aliphatic heterocycles. The standard InChI is InChI=1S/C12H15BrN4O2S/c1-7-12(13)8(2)17(16-7)11-6-9(4-5-10(11)14)20(18,19)15-3/h4-6,15H,14H2,1-3H3. The van der Waals surface area contributed by atoms with E-state index in [4.69, 9.17) is 5.73 Å². The first-order chi connectivity index (χ1) is 9.27. The minimum Gasteiger partial charge on any atom is -0.397 e. The molecule has 2 rings (SSSR count). The van der Waals surface area contributed by atoms with Gasteiger partial charge in [-0.3, -0.25) is 0 Å². The van der Waals surface area contributed by atoms with E-state index in [1.165, 1.54) is 19.2 Å². The second-order valence-electron chi connectivity index (χ2n) is 4.32. The maximum Gasteiger partial charge on any atom is 0.240 e. The van der Waals surface area contributed by atoms with Crippen LogP contribution in [0.15, 0.2) is 27.6 Å². The monoisotopic (exact) mass is 358 g/mol. The molecule has 108 valence electrons. The van der Waals surface area contributed by atoms with Gasteiger partial charge >= 0.3 is 0 Å². The smallest absolute Gasteiger partial charge is 0.240 e. The van der Waals surface area contributed by atoms with Crippen molar-refractivity contribution >= 4 is 31.6 Å². The molecule has 0 atom stereocenters. The number of rotatable bonds is 3. The van der Waals surface area contributed by atoms with Crippen LogP contribution in [0, 0.1) is 13.8 Å². The third-order valence-corrected chi connectivity index (χ3v) is 5.57. The maximum atomic E-state index is 11.9. The van der Waals surface area contributed by atoms with Crippen LogP contribution in [-0.2, 0) is 10.0 Å². The lowest BCUT2D eigenvalue weighted by Crippen LogP contribution is -2.19. The van der Waals surface area contributed by atoms with E-state index in [0.717, 1.165) is 15.9 Å². The number of hydrogen-bond donors (Lipinski definition) is 2. The summed E-state index contributed by atoms with van der Waals surface area (Å²) >= 11 is 3.44. The average Bonchev–Trinajstić information content (AvgIpc) is 2.67. The van der Waals surface area contributed by atoms with E-state index in [-0.39, 0.29) is 4.90 Å².